The monoisotopic (exact) mass is 278 g/mol. The molecule has 2 unspecified atom stereocenters. The molecule has 0 amide bonds. The van der Waals surface area contributed by atoms with Gasteiger partial charge in [0, 0.05) is 24.3 Å². The number of anilines is 1. The average Bonchev–Trinajstić information content (AvgIpc) is 2.46. The highest BCUT2D eigenvalue weighted by Crippen LogP contribution is 2.20. The van der Waals surface area contributed by atoms with Crippen LogP contribution < -0.4 is 10.5 Å². The van der Waals surface area contributed by atoms with E-state index in [0.29, 0.717) is 24.9 Å². The van der Waals surface area contributed by atoms with E-state index >= 15 is 0 Å². The topological polar surface area (TPSA) is 58.7 Å². The van der Waals surface area contributed by atoms with E-state index in [2.05, 4.69) is 11.8 Å². The number of nitrogens with zero attached hydrogens (tertiary/aromatic N) is 1. The highest BCUT2D eigenvalue weighted by atomic mass is 16.5. The first-order valence-electron chi connectivity index (χ1n) is 7.59. The molecule has 2 rings (SSSR count). The van der Waals surface area contributed by atoms with Crippen molar-refractivity contribution in [2.45, 2.75) is 44.8 Å². The van der Waals surface area contributed by atoms with E-state index in [9.17, 15) is 5.11 Å². The van der Waals surface area contributed by atoms with Gasteiger partial charge in [-0.1, -0.05) is 19.4 Å². The van der Waals surface area contributed by atoms with Gasteiger partial charge in [-0.3, -0.25) is 4.90 Å². The first kappa shape index (κ1) is 15.1. The fourth-order valence-corrected chi connectivity index (χ4v) is 2.88. The van der Waals surface area contributed by atoms with Crippen LogP contribution in [0.1, 0.15) is 32.6 Å². The molecule has 0 radical (unpaired) electrons. The van der Waals surface area contributed by atoms with E-state index in [-0.39, 0.29) is 0 Å². The first-order chi connectivity index (χ1) is 9.69. The molecular weight excluding hydrogens is 252 g/mol. The lowest BCUT2D eigenvalue weighted by molar-refractivity contribution is 0.0388. The standard InChI is InChI=1S/C16H26N2O2/c1-2-14-7-3-4-9-18(14)11-15(19)12-20-16-8-5-6-13(17)10-16/h5-6,8,10,14-15,19H,2-4,7,9,11-12,17H2,1H3. The zero-order valence-corrected chi connectivity index (χ0v) is 12.3. The summed E-state index contributed by atoms with van der Waals surface area (Å²) < 4.78 is 5.60. The molecule has 0 aromatic heterocycles. The minimum Gasteiger partial charge on any atom is -0.491 e. The third kappa shape index (κ3) is 4.39. The second-order valence-electron chi connectivity index (χ2n) is 5.59. The van der Waals surface area contributed by atoms with Gasteiger partial charge in [0.15, 0.2) is 0 Å². The third-order valence-electron chi connectivity index (χ3n) is 3.97. The van der Waals surface area contributed by atoms with Crippen LogP contribution in [0.15, 0.2) is 24.3 Å². The van der Waals surface area contributed by atoms with Gasteiger partial charge in [-0.25, -0.2) is 0 Å². The van der Waals surface area contributed by atoms with Crippen LogP contribution in [0, 0.1) is 0 Å². The van der Waals surface area contributed by atoms with E-state index < -0.39 is 6.10 Å². The summed E-state index contributed by atoms with van der Waals surface area (Å²) in [6.07, 6.45) is 4.50. The molecule has 0 aliphatic carbocycles. The molecule has 20 heavy (non-hydrogen) atoms. The Kier molecular flexibility index (Phi) is 5.68. The Morgan fingerprint density at radius 3 is 3.05 bits per heavy atom. The van der Waals surface area contributed by atoms with Gasteiger partial charge in [0.1, 0.15) is 18.5 Å². The summed E-state index contributed by atoms with van der Waals surface area (Å²) in [5.74, 6) is 0.717. The Labute approximate surface area is 121 Å². The number of hydrogen-bond donors (Lipinski definition) is 2. The Hall–Kier alpha value is -1.26. The number of ether oxygens (including phenoxy) is 1. The van der Waals surface area contributed by atoms with Gasteiger partial charge in [0.25, 0.3) is 0 Å². The van der Waals surface area contributed by atoms with Crippen LogP contribution in [0.3, 0.4) is 0 Å². The summed E-state index contributed by atoms with van der Waals surface area (Å²) in [6.45, 7) is 4.32. The Balaban J connectivity index is 1.78. The van der Waals surface area contributed by atoms with Gasteiger partial charge in [-0.15, -0.1) is 0 Å². The number of aliphatic hydroxyl groups excluding tert-OH is 1. The van der Waals surface area contributed by atoms with Crippen LogP contribution in [0.5, 0.6) is 5.75 Å². The van der Waals surface area contributed by atoms with Crippen molar-refractivity contribution in [2.75, 3.05) is 25.4 Å². The van der Waals surface area contributed by atoms with E-state index in [1.165, 1.54) is 19.3 Å². The molecule has 1 aromatic rings. The Bertz CT molecular complexity index is 411. The van der Waals surface area contributed by atoms with E-state index in [1.807, 2.05) is 18.2 Å². The SMILES string of the molecule is CCC1CCCCN1CC(O)COc1cccc(N)c1. The average molecular weight is 278 g/mol. The summed E-state index contributed by atoms with van der Waals surface area (Å²) in [5.41, 5.74) is 6.38. The smallest absolute Gasteiger partial charge is 0.121 e. The molecule has 1 aliphatic rings. The van der Waals surface area contributed by atoms with Crippen molar-refractivity contribution in [3.8, 4) is 5.75 Å². The maximum atomic E-state index is 10.1. The summed E-state index contributed by atoms with van der Waals surface area (Å²) in [7, 11) is 0. The molecule has 0 spiro atoms. The number of benzene rings is 1. The zero-order valence-electron chi connectivity index (χ0n) is 12.3. The van der Waals surface area contributed by atoms with Gasteiger partial charge >= 0.3 is 0 Å². The first-order valence-corrected chi connectivity index (χ1v) is 7.59. The summed E-state index contributed by atoms with van der Waals surface area (Å²) in [4.78, 5) is 2.40. The molecule has 1 fully saturated rings. The number of nitrogen functional groups attached to an aromatic ring is 1. The molecule has 1 saturated heterocycles. The van der Waals surface area contributed by atoms with Gasteiger partial charge in [0.2, 0.25) is 0 Å². The largest absolute Gasteiger partial charge is 0.491 e. The number of nitrogens with two attached hydrogens (primary N) is 1. The lowest BCUT2D eigenvalue weighted by Crippen LogP contribution is -2.44. The zero-order chi connectivity index (χ0) is 14.4. The molecule has 3 N–H and O–H groups in total. The van der Waals surface area contributed by atoms with Crippen LogP contribution in [-0.4, -0.2) is 41.8 Å². The maximum absolute atomic E-state index is 10.1. The van der Waals surface area contributed by atoms with Crippen LogP contribution in [0.4, 0.5) is 5.69 Å². The summed E-state index contributed by atoms with van der Waals surface area (Å²) in [6, 6.07) is 7.93. The molecule has 112 valence electrons. The van der Waals surface area contributed by atoms with Crippen LogP contribution in [-0.2, 0) is 0 Å². The van der Waals surface area contributed by atoms with Crippen molar-refractivity contribution in [2.24, 2.45) is 0 Å². The van der Waals surface area contributed by atoms with Crippen LogP contribution in [0.2, 0.25) is 0 Å². The molecule has 1 heterocycles. The fourth-order valence-electron chi connectivity index (χ4n) is 2.88. The fraction of sp³-hybridized carbons (Fsp3) is 0.625. The Morgan fingerprint density at radius 2 is 2.30 bits per heavy atom. The van der Waals surface area contributed by atoms with Crippen molar-refractivity contribution in [3.63, 3.8) is 0 Å². The molecule has 4 heteroatoms. The van der Waals surface area contributed by atoms with Gasteiger partial charge in [-0.2, -0.15) is 0 Å². The molecule has 1 aliphatic heterocycles. The predicted octanol–water partition coefficient (Wildman–Crippen LogP) is 2.27. The van der Waals surface area contributed by atoms with Crippen molar-refractivity contribution < 1.29 is 9.84 Å². The number of β-amino-alcohol motifs (C(OH)–C–C–N with tert-alkyl or cyclic N) is 1. The van der Waals surface area contributed by atoms with Crippen LogP contribution >= 0.6 is 0 Å². The second kappa shape index (κ2) is 7.50. The normalized spacial score (nSPS) is 21.6. The molecular formula is C16H26N2O2. The van der Waals surface area contributed by atoms with E-state index in [4.69, 9.17) is 10.5 Å². The minimum absolute atomic E-state index is 0.316. The maximum Gasteiger partial charge on any atom is 0.121 e. The number of piperidine rings is 1. The van der Waals surface area contributed by atoms with E-state index in [0.717, 1.165) is 18.7 Å². The van der Waals surface area contributed by atoms with Gasteiger partial charge in [0.05, 0.1) is 0 Å². The lowest BCUT2D eigenvalue weighted by atomic mass is 10.00. The third-order valence-corrected chi connectivity index (χ3v) is 3.97. The van der Waals surface area contributed by atoms with Gasteiger partial charge < -0.3 is 15.6 Å². The molecule has 0 bridgehead atoms. The van der Waals surface area contributed by atoms with Crippen molar-refractivity contribution in [1.29, 1.82) is 0 Å². The number of likely N-dealkylation sites (tertiary alicyclic amines) is 1. The van der Waals surface area contributed by atoms with Crippen molar-refractivity contribution >= 4 is 5.69 Å². The number of hydrogen-bond acceptors (Lipinski definition) is 4. The minimum atomic E-state index is -0.455. The summed E-state index contributed by atoms with van der Waals surface area (Å²) in [5, 5.41) is 10.1. The molecule has 4 nitrogen and oxygen atoms in total. The number of rotatable bonds is 6. The Morgan fingerprint density at radius 1 is 1.45 bits per heavy atom. The van der Waals surface area contributed by atoms with Crippen molar-refractivity contribution in [1.82, 2.24) is 4.90 Å². The number of aliphatic hydroxyl groups is 1. The van der Waals surface area contributed by atoms with E-state index in [1.54, 1.807) is 6.07 Å². The van der Waals surface area contributed by atoms with Crippen LogP contribution in [0.25, 0.3) is 0 Å². The second-order valence-corrected chi connectivity index (χ2v) is 5.59. The predicted molar refractivity (Wildman–Crippen MR) is 81.9 cm³/mol. The molecule has 0 saturated carbocycles. The molecule has 2 atom stereocenters. The summed E-state index contributed by atoms with van der Waals surface area (Å²) >= 11 is 0. The molecule has 1 aromatic carbocycles. The lowest BCUT2D eigenvalue weighted by Gasteiger charge is -2.36. The van der Waals surface area contributed by atoms with Gasteiger partial charge in [-0.05, 0) is 37.9 Å². The quantitative estimate of drug-likeness (QED) is 0.784. The highest BCUT2D eigenvalue weighted by Gasteiger charge is 2.22. The van der Waals surface area contributed by atoms with Crippen molar-refractivity contribution in [3.05, 3.63) is 24.3 Å². The highest BCUT2D eigenvalue weighted by molar-refractivity contribution is 5.43.